The summed E-state index contributed by atoms with van der Waals surface area (Å²) in [7, 11) is 0. The maximum absolute atomic E-state index is 12.1. The minimum atomic E-state index is -4.44. The Morgan fingerprint density at radius 2 is 1.75 bits per heavy atom. The second kappa shape index (κ2) is 3.15. The van der Waals surface area contributed by atoms with Crippen LogP contribution in [0.1, 0.15) is 13.9 Å². The molecule has 1 aromatic carbocycles. The van der Waals surface area contributed by atoms with E-state index in [1.807, 2.05) is 0 Å². The van der Waals surface area contributed by atoms with Crippen LogP contribution in [0, 0.1) is 0 Å². The molecule has 0 spiro atoms. The number of hydrogen-bond donors (Lipinski definition) is 1. The molecule has 0 atom stereocenters. The average Bonchev–Trinajstić information content (AvgIpc) is 2.01. The fraction of sp³-hybridized carbons (Fsp3) is 0.250. The molecule has 4 heteroatoms. The van der Waals surface area contributed by atoms with Gasteiger partial charge in [-0.15, -0.1) is 0 Å². The van der Waals surface area contributed by atoms with Gasteiger partial charge in [-0.25, -0.2) is 0 Å². The van der Waals surface area contributed by atoms with Crippen LogP contribution in [0.15, 0.2) is 24.3 Å². The molecule has 66 valence electrons. The van der Waals surface area contributed by atoms with E-state index in [9.17, 15) is 13.2 Å². The number of alkyl halides is 3. The lowest BCUT2D eigenvalue weighted by Gasteiger charge is -2.05. The van der Waals surface area contributed by atoms with Crippen LogP contribution in [0.25, 0.3) is 0 Å². The van der Waals surface area contributed by atoms with Gasteiger partial charge in [0.15, 0.2) is 0 Å². The molecule has 0 aliphatic rings. The average molecular weight is 178 g/mol. The summed E-state index contributed by atoms with van der Waals surface area (Å²) >= 11 is 0. The normalized spacial score (nSPS) is 15.3. The fourth-order valence-corrected chi connectivity index (χ4v) is 0.734. The van der Waals surface area contributed by atoms with Gasteiger partial charge in [-0.3, -0.25) is 0 Å². The zero-order valence-corrected chi connectivity index (χ0v) is 5.89. The Hall–Kier alpha value is -1.03. The van der Waals surface area contributed by atoms with Crippen molar-refractivity contribution in [2.45, 2.75) is 12.7 Å². The van der Waals surface area contributed by atoms with Gasteiger partial charge in [0.25, 0.3) is 0 Å². The molecule has 1 aromatic rings. The predicted molar refractivity (Wildman–Crippen MR) is 37.4 cm³/mol. The van der Waals surface area contributed by atoms with Crippen LogP contribution in [0.4, 0.5) is 13.2 Å². The summed E-state index contributed by atoms with van der Waals surface area (Å²) in [6.07, 6.45) is -4.44. The van der Waals surface area contributed by atoms with E-state index >= 15 is 0 Å². The molecule has 0 aromatic heterocycles. The molecule has 0 unspecified atom stereocenters. The van der Waals surface area contributed by atoms with E-state index in [2.05, 4.69) is 0 Å². The Labute approximate surface area is 70.3 Å². The van der Waals surface area contributed by atoms with Crippen molar-refractivity contribution in [3.63, 3.8) is 0 Å². The molecule has 0 saturated heterocycles. The van der Waals surface area contributed by atoms with Gasteiger partial charge in [-0.1, -0.05) is 12.1 Å². The lowest BCUT2D eigenvalue weighted by atomic mass is 10.1. The molecule has 0 bridgehead atoms. The lowest BCUT2D eigenvalue weighted by Crippen LogP contribution is -2.04. The molecular formula is C8H7F3O. The van der Waals surface area contributed by atoms with Crippen molar-refractivity contribution in [1.82, 2.24) is 0 Å². The summed E-state index contributed by atoms with van der Waals surface area (Å²) in [5, 5.41) is 8.83. The number of halogens is 3. The van der Waals surface area contributed by atoms with E-state index in [1.165, 1.54) is 0 Å². The summed E-state index contributed by atoms with van der Waals surface area (Å²) < 4.78 is 49.9. The van der Waals surface area contributed by atoms with Crippen molar-refractivity contribution < 1.29 is 21.0 Å². The Bertz CT molecular complexity index is 280. The zero-order chi connectivity index (χ0) is 11.0. The second-order valence-corrected chi connectivity index (χ2v) is 2.19. The van der Waals surface area contributed by atoms with Gasteiger partial charge in [0, 0.05) is 0 Å². The van der Waals surface area contributed by atoms with Crippen LogP contribution in [0.5, 0.6) is 0 Å². The number of hydrogen-bond acceptors (Lipinski definition) is 1. The molecule has 0 amide bonds. The number of benzene rings is 1. The second-order valence-electron chi connectivity index (χ2n) is 2.19. The molecule has 12 heavy (non-hydrogen) atoms. The van der Waals surface area contributed by atoms with Gasteiger partial charge in [-0.2, -0.15) is 13.2 Å². The summed E-state index contributed by atoms with van der Waals surface area (Å²) in [4.78, 5) is 0. The van der Waals surface area contributed by atoms with Crippen LogP contribution >= 0.6 is 0 Å². The lowest BCUT2D eigenvalue weighted by molar-refractivity contribution is -0.137. The fourth-order valence-electron chi connectivity index (χ4n) is 0.734. The Kier molecular flexibility index (Phi) is 1.70. The molecular weight excluding hydrogens is 169 g/mol. The van der Waals surface area contributed by atoms with E-state index in [0.29, 0.717) is 0 Å². The molecule has 1 nitrogen and oxygen atoms in total. The maximum Gasteiger partial charge on any atom is 0.416 e. The van der Waals surface area contributed by atoms with Crippen molar-refractivity contribution in [3.8, 4) is 0 Å². The van der Waals surface area contributed by atoms with Gasteiger partial charge >= 0.3 is 6.18 Å². The highest BCUT2D eigenvalue weighted by atomic mass is 19.4. The van der Waals surface area contributed by atoms with Crippen LogP contribution in [-0.2, 0) is 12.7 Å². The van der Waals surface area contributed by atoms with Crippen molar-refractivity contribution in [2.24, 2.45) is 0 Å². The molecule has 0 radical (unpaired) electrons. The van der Waals surface area contributed by atoms with Crippen LogP contribution in [-0.4, -0.2) is 5.11 Å². The highest BCUT2D eigenvalue weighted by molar-refractivity contribution is 5.23. The molecule has 0 aliphatic heterocycles. The van der Waals surface area contributed by atoms with Gasteiger partial charge in [0.05, 0.1) is 14.9 Å². The third-order valence-electron chi connectivity index (χ3n) is 1.34. The number of rotatable bonds is 1. The summed E-state index contributed by atoms with van der Waals surface area (Å²) in [6, 6.07) is 3.26. The minimum absolute atomic E-state index is 0.203. The van der Waals surface area contributed by atoms with Gasteiger partial charge in [0.1, 0.15) is 0 Å². The summed E-state index contributed by atoms with van der Waals surface area (Å²) in [5.74, 6) is 0. The van der Waals surface area contributed by atoms with Gasteiger partial charge < -0.3 is 5.11 Å². The molecule has 0 fully saturated rings. The molecule has 0 saturated carbocycles. The largest absolute Gasteiger partial charge is 0.416 e. The van der Waals surface area contributed by atoms with Crippen molar-refractivity contribution in [2.75, 3.05) is 0 Å². The molecule has 0 aliphatic carbocycles. The first-order valence-corrected chi connectivity index (χ1v) is 3.11. The number of aliphatic hydroxyl groups is 1. The van der Waals surface area contributed by atoms with Crippen LogP contribution in [0.3, 0.4) is 0 Å². The third-order valence-corrected chi connectivity index (χ3v) is 1.34. The standard InChI is InChI=1S/C8H7F3O/c9-8(10,11)7-3-1-6(5-12)2-4-7/h1-4,12H,5H2/i5D2. The van der Waals surface area contributed by atoms with Crippen molar-refractivity contribution >= 4 is 0 Å². The predicted octanol–water partition coefficient (Wildman–Crippen LogP) is 2.20. The smallest absolute Gasteiger partial charge is 0.392 e. The molecule has 1 N–H and O–H groups in total. The van der Waals surface area contributed by atoms with E-state index in [-0.39, 0.29) is 5.56 Å². The summed E-state index contributed by atoms with van der Waals surface area (Å²) in [5.41, 5.74) is -1.07. The third kappa shape index (κ3) is 1.98. The van der Waals surface area contributed by atoms with E-state index in [0.717, 1.165) is 24.3 Å². The highest BCUT2D eigenvalue weighted by Gasteiger charge is 2.29. The quantitative estimate of drug-likeness (QED) is 0.698. The first kappa shape index (κ1) is 6.48. The first-order chi connectivity index (χ1) is 6.21. The monoisotopic (exact) mass is 178 g/mol. The van der Waals surface area contributed by atoms with Gasteiger partial charge in [0.2, 0.25) is 0 Å². The van der Waals surface area contributed by atoms with Gasteiger partial charge in [-0.05, 0) is 17.7 Å². The Balaban J connectivity index is 3.02. The Morgan fingerprint density at radius 3 is 2.08 bits per heavy atom. The molecule has 0 heterocycles. The summed E-state index contributed by atoms with van der Waals surface area (Å²) in [6.45, 7) is -2.61. The Morgan fingerprint density at radius 1 is 1.25 bits per heavy atom. The van der Waals surface area contributed by atoms with E-state index in [1.54, 1.807) is 0 Å². The topological polar surface area (TPSA) is 20.2 Å². The van der Waals surface area contributed by atoms with E-state index in [4.69, 9.17) is 7.85 Å². The van der Waals surface area contributed by atoms with Crippen molar-refractivity contribution in [3.05, 3.63) is 35.4 Å². The highest BCUT2D eigenvalue weighted by Crippen LogP contribution is 2.28. The van der Waals surface area contributed by atoms with E-state index < -0.39 is 18.3 Å². The van der Waals surface area contributed by atoms with Crippen LogP contribution in [0.2, 0.25) is 0 Å². The van der Waals surface area contributed by atoms with Crippen LogP contribution < -0.4 is 0 Å². The maximum atomic E-state index is 12.1. The first-order valence-electron chi connectivity index (χ1n) is 4.11. The minimum Gasteiger partial charge on any atom is -0.392 e. The SMILES string of the molecule is [2H]C([2H])(O)c1ccc(C(F)(F)F)cc1. The molecule has 1 rings (SSSR count). The zero-order valence-electron chi connectivity index (χ0n) is 7.89. The van der Waals surface area contributed by atoms with Crippen molar-refractivity contribution in [1.29, 1.82) is 0 Å².